The van der Waals surface area contributed by atoms with Crippen molar-refractivity contribution < 1.29 is 13.9 Å². The molecular weight excluding hydrogens is 292 g/mol. The lowest BCUT2D eigenvalue weighted by molar-refractivity contribution is -0.0113. The molecule has 0 aliphatic heterocycles. The topological polar surface area (TPSA) is 46.2 Å². The van der Waals surface area contributed by atoms with Gasteiger partial charge in [-0.2, -0.15) is 0 Å². The molecule has 1 aliphatic carbocycles. The summed E-state index contributed by atoms with van der Waals surface area (Å²) in [7, 11) is 0. The van der Waals surface area contributed by atoms with Gasteiger partial charge in [0.15, 0.2) is 0 Å². The van der Waals surface area contributed by atoms with E-state index < -0.39 is 17.2 Å². The number of hydrogen-bond donors (Lipinski definition) is 2. The third kappa shape index (κ3) is 2.37. The first kappa shape index (κ1) is 12.9. The van der Waals surface area contributed by atoms with Gasteiger partial charge in [-0.3, -0.25) is 0 Å². The number of rotatable bonds is 1. The van der Waals surface area contributed by atoms with E-state index >= 15 is 0 Å². The lowest BCUT2D eigenvalue weighted by Gasteiger charge is -2.35. The molecule has 1 aromatic rings. The fraction of sp³-hybridized carbons (Fsp3) is 0.500. The summed E-state index contributed by atoms with van der Waals surface area (Å²) in [6.07, 6.45) is 1.72. The third-order valence-electron chi connectivity index (χ3n) is 3.37. The summed E-state index contributed by atoms with van der Waals surface area (Å²) in [4.78, 5) is 0. The van der Waals surface area contributed by atoms with Crippen LogP contribution >= 0.6 is 15.9 Å². The Morgan fingerprint density at radius 2 is 1.88 bits per heavy atom. The van der Waals surface area contributed by atoms with Crippen LogP contribution in [-0.4, -0.2) is 11.1 Å². The van der Waals surface area contributed by atoms with Gasteiger partial charge in [-0.05, 0) is 53.7 Å². The first-order chi connectivity index (χ1) is 7.94. The maximum atomic E-state index is 13.9. The van der Waals surface area contributed by atoms with Crippen molar-refractivity contribution in [3.8, 4) is 0 Å². The average molecular weight is 306 g/mol. The summed E-state index contributed by atoms with van der Waals surface area (Å²) in [5, 5.41) is 10.4. The van der Waals surface area contributed by atoms with E-state index in [1.165, 1.54) is 6.07 Å². The zero-order valence-electron chi connectivity index (χ0n) is 9.22. The smallest absolute Gasteiger partial charge is 0.146 e. The van der Waals surface area contributed by atoms with Crippen LogP contribution in [0.1, 0.15) is 31.2 Å². The fourth-order valence-corrected chi connectivity index (χ4v) is 2.65. The van der Waals surface area contributed by atoms with Gasteiger partial charge in [-0.15, -0.1) is 0 Å². The minimum Gasteiger partial charge on any atom is -0.385 e. The molecule has 0 radical (unpaired) electrons. The van der Waals surface area contributed by atoms with Gasteiger partial charge in [0.1, 0.15) is 11.6 Å². The summed E-state index contributed by atoms with van der Waals surface area (Å²) < 4.78 is 27.8. The van der Waals surface area contributed by atoms with E-state index in [0.717, 1.165) is 6.07 Å². The van der Waals surface area contributed by atoms with Crippen molar-refractivity contribution in [2.24, 2.45) is 5.73 Å². The Kier molecular flexibility index (Phi) is 3.52. The Hall–Kier alpha value is -0.520. The molecule has 1 fully saturated rings. The standard InChI is InChI=1S/C12H14BrF2NO/c13-8-1-2-9(14)10(11(8)15)12(17)5-3-7(16)4-6-12/h1-2,7,17H,3-6,16H2. The van der Waals surface area contributed by atoms with Crippen LogP contribution in [0.5, 0.6) is 0 Å². The minimum atomic E-state index is -1.44. The van der Waals surface area contributed by atoms with E-state index in [4.69, 9.17) is 5.73 Å². The molecule has 17 heavy (non-hydrogen) atoms. The lowest BCUT2D eigenvalue weighted by atomic mass is 9.77. The normalized spacial score (nSPS) is 29.4. The summed E-state index contributed by atoms with van der Waals surface area (Å²) in [5.74, 6) is -1.42. The molecule has 0 saturated heterocycles. The molecule has 0 spiro atoms. The van der Waals surface area contributed by atoms with Gasteiger partial charge in [0.25, 0.3) is 0 Å². The molecule has 2 nitrogen and oxygen atoms in total. The van der Waals surface area contributed by atoms with Crippen LogP contribution < -0.4 is 5.73 Å². The highest BCUT2D eigenvalue weighted by molar-refractivity contribution is 9.10. The predicted octanol–water partition coefficient (Wildman–Crippen LogP) is 2.82. The van der Waals surface area contributed by atoms with Crippen LogP contribution in [0.3, 0.4) is 0 Å². The number of benzene rings is 1. The molecular formula is C12H14BrF2NO. The second kappa shape index (κ2) is 4.63. The predicted molar refractivity (Wildman–Crippen MR) is 64.4 cm³/mol. The summed E-state index contributed by atoms with van der Waals surface area (Å²) in [6.45, 7) is 0. The van der Waals surface area contributed by atoms with Crippen LogP contribution in [0, 0.1) is 11.6 Å². The fourth-order valence-electron chi connectivity index (χ4n) is 2.32. The SMILES string of the molecule is NC1CCC(O)(c2c(F)ccc(Br)c2F)CC1. The van der Waals surface area contributed by atoms with Gasteiger partial charge >= 0.3 is 0 Å². The Morgan fingerprint density at radius 3 is 2.47 bits per heavy atom. The summed E-state index contributed by atoms with van der Waals surface area (Å²) in [5.41, 5.74) is 4.06. The Labute approximate surface area is 107 Å². The van der Waals surface area contributed by atoms with E-state index in [0.29, 0.717) is 25.7 Å². The molecule has 0 amide bonds. The van der Waals surface area contributed by atoms with Crippen LogP contribution in [0.15, 0.2) is 16.6 Å². The molecule has 1 aromatic carbocycles. The Morgan fingerprint density at radius 1 is 1.29 bits per heavy atom. The molecule has 94 valence electrons. The molecule has 0 bridgehead atoms. The highest BCUT2D eigenvalue weighted by Crippen LogP contribution is 2.40. The van der Waals surface area contributed by atoms with Gasteiger partial charge in [0, 0.05) is 6.04 Å². The quantitative estimate of drug-likeness (QED) is 0.784. The highest BCUT2D eigenvalue weighted by atomic mass is 79.9. The minimum absolute atomic E-state index is 0.00792. The lowest BCUT2D eigenvalue weighted by Crippen LogP contribution is -2.38. The number of halogens is 3. The molecule has 5 heteroatoms. The van der Waals surface area contributed by atoms with Crippen molar-refractivity contribution in [3.05, 3.63) is 33.8 Å². The molecule has 0 heterocycles. The second-order valence-corrected chi connectivity index (χ2v) is 5.44. The van der Waals surface area contributed by atoms with Crippen molar-refractivity contribution in [1.82, 2.24) is 0 Å². The monoisotopic (exact) mass is 305 g/mol. The van der Waals surface area contributed by atoms with Gasteiger partial charge in [0.05, 0.1) is 15.6 Å². The van der Waals surface area contributed by atoms with E-state index in [9.17, 15) is 13.9 Å². The first-order valence-electron chi connectivity index (χ1n) is 5.56. The molecule has 0 aromatic heterocycles. The molecule has 1 aliphatic rings. The molecule has 3 N–H and O–H groups in total. The van der Waals surface area contributed by atoms with Crippen molar-refractivity contribution in [2.45, 2.75) is 37.3 Å². The maximum absolute atomic E-state index is 13.9. The molecule has 0 atom stereocenters. The number of nitrogens with two attached hydrogens (primary N) is 1. The van der Waals surface area contributed by atoms with Crippen molar-refractivity contribution in [1.29, 1.82) is 0 Å². The van der Waals surface area contributed by atoms with Crippen LogP contribution in [0.2, 0.25) is 0 Å². The van der Waals surface area contributed by atoms with E-state index in [2.05, 4.69) is 15.9 Å². The van der Waals surface area contributed by atoms with E-state index in [-0.39, 0.29) is 16.1 Å². The van der Waals surface area contributed by atoms with Gasteiger partial charge in [-0.1, -0.05) is 0 Å². The molecule has 2 rings (SSSR count). The van der Waals surface area contributed by atoms with E-state index in [1.54, 1.807) is 0 Å². The highest BCUT2D eigenvalue weighted by Gasteiger charge is 2.38. The van der Waals surface area contributed by atoms with Crippen molar-refractivity contribution in [3.63, 3.8) is 0 Å². The summed E-state index contributed by atoms with van der Waals surface area (Å²) >= 11 is 3.01. The maximum Gasteiger partial charge on any atom is 0.146 e. The molecule has 0 unspecified atom stereocenters. The second-order valence-electron chi connectivity index (χ2n) is 4.59. The molecule has 1 saturated carbocycles. The third-order valence-corrected chi connectivity index (χ3v) is 3.98. The number of aliphatic hydroxyl groups is 1. The van der Waals surface area contributed by atoms with Crippen LogP contribution in [0.25, 0.3) is 0 Å². The average Bonchev–Trinajstić information content (AvgIpc) is 2.29. The first-order valence-corrected chi connectivity index (χ1v) is 6.35. The summed E-state index contributed by atoms with van der Waals surface area (Å²) in [6, 6.07) is 2.47. The Bertz CT molecular complexity index is 431. The number of hydrogen-bond acceptors (Lipinski definition) is 2. The van der Waals surface area contributed by atoms with Gasteiger partial charge < -0.3 is 10.8 Å². The van der Waals surface area contributed by atoms with Crippen LogP contribution in [0.4, 0.5) is 8.78 Å². The van der Waals surface area contributed by atoms with Gasteiger partial charge in [-0.25, -0.2) is 8.78 Å². The zero-order valence-corrected chi connectivity index (χ0v) is 10.8. The van der Waals surface area contributed by atoms with E-state index in [1.807, 2.05) is 0 Å². The Balaban J connectivity index is 2.43. The van der Waals surface area contributed by atoms with Crippen molar-refractivity contribution in [2.75, 3.05) is 0 Å². The zero-order chi connectivity index (χ0) is 12.6. The van der Waals surface area contributed by atoms with Gasteiger partial charge in [0.2, 0.25) is 0 Å². The largest absolute Gasteiger partial charge is 0.385 e. The van der Waals surface area contributed by atoms with Crippen LogP contribution in [-0.2, 0) is 5.60 Å². The van der Waals surface area contributed by atoms with Crippen molar-refractivity contribution >= 4 is 15.9 Å².